The first-order chi connectivity index (χ1) is 2.00. The molecule has 0 aliphatic heterocycles. The van der Waals surface area contributed by atoms with Crippen LogP contribution in [0.3, 0.4) is 0 Å². The maximum Gasteiger partial charge on any atom is 0.394 e. The fourth-order valence-corrected chi connectivity index (χ4v) is 0. The first kappa shape index (κ1) is 15.9. The second kappa shape index (κ2) is 5.78. The molecule has 0 fully saturated rings. The number of rotatable bonds is 0. The van der Waals surface area contributed by atoms with Gasteiger partial charge in [-0.25, -0.2) is 0 Å². The SMILES string of the molecule is O=S(=O)(O)O.[Ar].[Fe]. The first-order valence-electron chi connectivity index (χ1n) is 0.698. The fourth-order valence-electron chi connectivity index (χ4n) is 0. The normalized spacial score (nSPS) is 8.29. The van der Waals surface area contributed by atoms with Gasteiger partial charge in [-0.2, -0.15) is 8.42 Å². The van der Waals surface area contributed by atoms with Crippen molar-refractivity contribution in [1.29, 1.82) is 0 Å². The Morgan fingerprint density at radius 3 is 1.14 bits per heavy atom. The van der Waals surface area contributed by atoms with Crippen LogP contribution in [0.2, 0.25) is 0 Å². The molecule has 2 N–H and O–H groups in total. The topological polar surface area (TPSA) is 74.6 Å². The van der Waals surface area contributed by atoms with Crippen LogP contribution in [0.1, 0.15) is 0 Å². The van der Waals surface area contributed by atoms with E-state index in [0.717, 1.165) is 0 Å². The molecule has 0 aromatic carbocycles. The van der Waals surface area contributed by atoms with Gasteiger partial charge in [0, 0.05) is 54.8 Å². The van der Waals surface area contributed by atoms with Gasteiger partial charge in [-0.05, 0) is 0 Å². The van der Waals surface area contributed by atoms with Crippen LogP contribution in [0.15, 0.2) is 0 Å². The van der Waals surface area contributed by atoms with E-state index in [9.17, 15) is 0 Å². The molecule has 0 aromatic heterocycles. The van der Waals surface area contributed by atoms with E-state index < -0.39 is 10.4 Å². The van der Waals surface area contributed by atoms with Crippen LogP contribution >= 0.6 is 0 Å². The molecule has 0 saturated heterocycles. The van der Waals surface area contributed by atoms with Gasteiger partial charge in [0.2, 0.25) is 0 Å². The Bertz CT molecular complexity index is 94.9. The molecule has 0 unspecified atom stereocenters. The summed E-state index contributed by atoms with van der Waals surface area (Å²) in [6.45, 7) is 0. The van der Waals surface area contributed by atoms with Crippen LogP contribution in [-0.2, 0) is 27.5 Å². The molecular weight excluding hydrogens is 192 g/mol. The van der Waals surface area contributed by atoms with Gasteiger partial charge in [-0.15, -0.1) is 0 Å². The van der Waals surface area contributed by atoms with Crippen LogP contribution < -0.4 is 0 Å². The number of hydrogen-bond acceptors (Lipinski definition) is 2. The Morgan fingerprint density at radius 2 is 1.14 bits per heavy atom. The molecule has 0 aromatic rings. The summed E-state index contributed by atoms with van der Waals surface area (Å²) < 4.78 is 31.6. The molecule has 4 nitrogen and oxygen atoms in total. The molecule has 0 heterocycles. The second-order valence-corrected chi connectivity index (χ2v) is 1.34. The first-order valence-corrected chi connectivity index (χ1v) is 2.10. The average Bonchev–Trinajstić information content (AvgIpc) is 0.722. The third-order valence-electron chi connectivity index (χ3n) is 0. The van der Waals surface area contributed by atoms with E-state index in [1.807, 2.05) is 0 Å². The molecule has 0 rings (SSSR count). The van der Waals surface area contributed by atoms with Crippen LogP contribution in [0.5, 0.6) is 0 Å². The minimum Gasteiger partial charge on any atom is -0.264 e. The van der Waals surface area contributed by atoms with Crippen molar-refractivity contribution in [3.8, 4) is 0 Å². The predicted molar refractivity (Wildman–Crippen MR) is 14.2 cm³/mol. The van der Waals surface area contributed by atoms with Gasteiger partial charge in [-0.1, -0.05) is 0 Å². The minimum atomic E-state index is -4.67. The van der Waals surface area contributed by atoms with Gasteiger partial charge in [-0.3, -0.25) is 9.11 Å². The Kier molecular flexibility index (Phi) is 13.1. The van der Waals surface area contributed by atoms with Crippen LogP contribution in [0.4, 0.5) is 0 Å². The summed E-state index contributed by atoms with van der Waals surface area (Å²) in [4.78, 5) is 0. The van der Waals surface area contributed by atoms with Crippen molar-refractivity contribution in [2.24, 2.45) is 0 Å². The van der Waals surface area contributed by atoms with Crippen molar-refractivity contribution in [3.05, 3.63) is 0 Å². The standard InChI is InChI=1S/Ar.Fe.H2O4S/c;;1-5(2,3)4/h;;(H2,1,2,3,4). The van der Waals surface area contributed by atoms with Crippen molar-refractivity contribution in [1.82, 2.24) is 0 Å². The molecule has 7 heteroatoms. The molecule has 0 atom stereocenters. The molecule has 0 saturated carbocycles. The van der Waals surface area contributed by atoms with E-state index in [1.165, 1.54) is 0 Å². The van der Waals surface area contributed by atoms with Gasteiger partial charge in [0.15, 0.2) is 0 Å². The monoisotopic (exact) mass is 194 g/mol. The molecule has 0 radical (unpaired) electrons. The van der Waals surface area contributed by atoms with Gasteiger partial charge in [0.05, 0.1) is 0 Å². The second-order valence-electron chi connectivity index (χ2n) is 0.448. The molecule has 0 aliphatic carbocycles. The van der Waals surface area contributed by atoms with Gasteiger partial charge < -0.3 is 0 Å². The van der Waals surface area contributed by atoms with E-state index in [-0.39, 0.29) is 54.8 Å². The van der Waals surface area contributed by atoms with Crippen molar-refractivity contribution in [3.63, 3.8) is 0 Å². The van der Waals surface area contributed by atoms with Crippen LogP contribution in [0, 0.1) is 37.7 Å². The summed E-state index contributed by atoms with van der Waals surface area (Å²) >= 11 is 0. The average molecular weight is 194 g/mol. The molecule has 7 heavy (non-hydrogen) atoms. The summed E-state index contributed by atoms with van der Waals surface area (Å²) in [5.74, 6) is 0. The summed E-state index contributed by atoms with van der Waals surface area (Å²) in [6, 6.07) is 0. The summed E-state index contributed by atoms with van der Waals surface area (Å²) in [5.41, 5.74) is 0. The Balaban J connectivity index is -0.0000000800. The van der Waals surface area contributed by atoms with E-state index in [4.69, 9.17) is 17.5 Å². The molecule has 48 valence electrons. The predicted octanol–water partition coefficient (Wildman–Crippen LogP) is -0.655. The largest absolute Gasteiger partial charge is 0.394 e. The number of hydrogen-bond donors (Lipinski definition) is 2. The van der Waals surface area contributed by atoms with Crippen molar-refractivity contribution in [2.75, 3.05) is 0 Å². The molecule has 0 amide bonds. The Labute approximate surface area is 81.7 Å². The van der Waals surface area contributed by atoms with E-state index >= 15 is 0 Å². The summed E-state index contributed by atoms with van der Waals surface area (Å²) in [6.07, 6.45) is 0. The zero-order valence-electron chi connectivity index (χ0n) is 2.83. The van der Waals surface area contributed by atoms with Crippen molar-refractivity contribution in [2.45, 2.75) is 0 Å². The third kappa shape index (κ3) is 89.8. The van der Waals surface area contributed by atoms with Gasteiger partial charge in [0.25, 0.3) is 0 Å². The zero-order chi connectivity index (χ0) is 4.50. The molecule has 0 aliphatic rings. The van der Waals surface area contributed by atoms with Crippen molar-refractivity contribution >= 4 is 10.4 Å². The van der Waals surface area contributed by atoms with E-state index in [0.29, 0.717) is 0 Å². The quantitative estimate of drug-likeness (QED) is 0.396. The molecular formula is H2ArFeO4S. The van der Waals surface area contributed by atoms with Gasteiger partial charge in [0.1, 0.15) is 0 Å². The third-order valence-corrected chi connectivity index (χ3v) is 0. The van der Waals surface area contributed by atoms with Crippen LogP contribution in [0.25, 0.3) is 0 Å². The Hall–Kier alpha value is 1.65. The molecule has 0 spiro atoms. The smallest absolute Gasteiger partial charge is 0.264 e. The van der Waals surface area contributed by atoms with Crippen LogP contribution in [-0.4, -0.2) is 17.5 Å². The maximum absolute atomic E-state index is 8.74. The van der Waals surface area contributed by atoms with Gasteiger partial charge >= 0.3 is 10.4 Å². The van der Waals surface area contributed by atoms with Crippen molar-refractivity contribution < 1.29 is 72.3 Å². The van der Waals surface area contributed by atoms with E-state index in [2.05, 4.69) is 0 Å². The fraction of sp³-hybridized carbons (Fsp3) is 0. The minimum absolute atomic E-state index is 0. The summed E-state index contributed by atoms with van der Waals surface area (Å²) in [5, 5.41) is 0. The van der Waals surface area contributed by atoms with E-state index in [1.54, 1.807) is 0 Å². The molecule has 0 bridgehead atoms. The Morgan fingerprint density at radius 1 is 1.14 bits per heavy atom. The maximum atomic E-state index is 8.74. The zero-order valence-corrected chi connectivity index (χ0v) is 5.45. The summed E-state index contributed by atoms with van der Waals surface area (Å²) in [7, 11) is -4.67.